The van der Waals surface area contributed by atoms with E-state index < -0.39 is 0 Å². The molecule has 0 N–H and O–H groups in total. The lowest BCUT2D eigenvalue weighted by atomic mass is 9.99. The van der Waals surface area contributed by atoms with E-state index in [9.17, 15) is 4.79 Å². The summed E-state index contributed by atoms with van der Waals surface area (Å²) >= 11 is 0. The fourth-order valence-electron chi connectivity index (χ4n) is 4.29. The van der Waals surface area contributed by atoms with Crippen LogP contribution >= 0.6 is 0 Å². The van der Waals surface area contributed by atoms with Gasteiger partial charge in [0.15, 0.2) is 0 Å². The third-order valence-electron chi connectivity index (χ3n) is 6.32. The second-order valence-electron chi connectivity index (χ2n) is 8.72. The molecule has 0 saturated heterocycles. The molecule has 0 unspecified atom stereocenters. The van der Waals surface area contributed by atoms with Gasteiger partial charge in [0.05, 0.1) is 18.3 Å². The first kappa shape index (κ1) is 19.8. The Labute approximate surface area is 190 Å². The van der Waals surface area contributed by atoms with E-state index in [4.69, 9.17) is 4.42 Å². The van der Waals surface area contributed by atoms with Gasteiger partial charge < -0.3 is 9.32 Å². The highest BCUT2D eigenvalue weighted by atomic mass is 16.3. The zero-order valence-electron chi connectivity index (χ0n) is 18.2. The number of amides is 1. The average molecular weight is 441 g/mol. The van der Waals surface area contributed by atoms with Crippen LogP contribution in [-0.2, 0) is 11.3 Å². The summed E-state index contributed by atoms with van der Waals surface area (Å²) in [5.74, 6) is 2.38. The second-order valence-corrected chi connectivity index (χ2v) is 8.72. The average Bonchev–Trinajstić information content (AvgIpc) is 3.41. The van der Waals surface area contributed by atoms with Gasteiger partial charge in [0.1, 0.15) is 17.2 Å². The number of rotatable bonds is 6. The van der Waals surface area contributed by atoms with Crippen molar-refractivity contribution in [3.63, 3.8) is 0 Å². The Morgan fingerprint density at radius 2 is 2.00 bits per heavy atom. The molecule has 1 aliphatic heterocycles. The molecule has 0 atom stereocenters. The SMILES string of the molecule is O=C(CCn1ccnn1)N1CCC=C(c2ccc3oc(-c4cnc(C5CC5)nc4)cc3c2)C1. The molecule has 8 nitrogen and oxygen atoms in total. The van der Waals surface area contributed by atoms with E-state index >= 15 is 0 Å². The van der Waals surface area contributed by atoms with E-state index in [1.165, 1.54) is 12.8 Å². The van der Waals surface area contributed by atoms with Gasteiger partial charge in [-0.15, -0.1) is 5.10 Å². The Hall–Kier alpha value is -3.81. The van der Waals surface area contributed by atoms with Crippen molar-refractivity contribution in [3.8, 4) is 11.3 Å². The lowest BCUT2D eigenvalue weighted by molar-refractivity contribution is -0.131. The quantitative estimate of drug-likeness (QED) is 0.449. The zero-order chi connectivity index (χ0) is 22.2. The summed E-state index contributed by atoms with van der Waals surface area (Å²) in [4.78, 5) is 23.7. The summed E-state index contributed by atoms with van der Waals surface area (Å²) in [6.45, 7) is 1.90. The summed E-state index contributed by atoms with van der Waals surface area (Å²) in [6.07, 6.45) is 13.0. The van der Waals surface area contributed by atoms with Gasteiger partial charge in [-0.1, -0.05) is 17.4 Å². The van der Waals surface area contributed by atoms with Crippen molar-refractivity contribution >= 4 is 22.4 Å². The molecule has 0 spiro atoms. The fraction of sp³-hybridized carbons (Fsp3) is 0.320. The standard InChI is InChI=1S/C25H24N6O2/c32-24(7-10-31-11-8-28-29-31)30-9-1-2-19(16-30)18-5-6-22-20(12-18)13-23(33-22)21-14-26-25(27-15-21)17-3-4-17/h2,5-6,8,11-15,17H,1,3-4,7,9-10,16H2. The number of hydrogen-bond donors (Lipinski definition) is 0. The molecule has 3 aromatic heterocycles. The van der Waals surface area contributed by atoms with Gasteiger partial charge in [-0.25, -0.2) is 9.97 Å². The molecule has 166 valence electrons. The van der Waals surface area contributed by atoms with Gasteiger partial charge in [-0.3, -0.25) is 9.48 Å². The Bertz CT molecular complexity index is 1320. The van der Waals surface area contributed by atoms with E-state index in [2.05, 4.69) is 38.5 Å². The van der Waals surface area contributed by atoms with Crippen molar-refractivity contribution in [2.24, 2.45) is 0 Å². The molecule has 4 heterocycles. The summed E-state index contributed by atoms with van der Waals surface area (Å²) in [7, 11) is 0. The molecule has 1 amide bonds. The second kappa shape index (κ2) is 8.27. The monoisotopic (exact) mass is 440 g/mol. The molecule has 0 bridgehead atoms. The van der Waals surface area contributed by atoms with E-state index in [1.807, 2.05) is 29.4 Å². The number of fused-ring (bicyclic) bond motifs is 1. The highest BCUT2D eigenvalue weighted by molar-refractivity contribution is 5.87. The highest BCUT2D eigenvalue weighted by Gasteiger charge is 2.26. The Kier molecular flexibility index (Phi) is 4.97. The molecular formula is C25H24N6O2. The Morgan fingerprint density at radius 1 is 1.12 bits per heavy atom. The van der Waals surface area contributed by atoms with E-state index in [-0.39, 0.29) is 5.91 Å². The van der Waals surface area contributed by atoms with Crippen LogP contribution in [0.25, 0.3) is 27.9 Å². The number of aryl methyl sites for hydroxylation is 1. The maximum Gasteiger partial charge on any atom is 0.224 e. The number of carbonyl (C=O) groups excluding carboxylic acids is 1. The summed E-state index contributed by atoms with van der Waals surface area (Å²) < 4.78 is 7.75. The van der Waals surface area contributed by atoms with E-state index in [0.29, 0.717) is 25.4 Å². The molecule has 2 aliphatic rings. The Morgan fingerprint density at radius 3 is 2.79 bits per heavy atom. The number of carbonyl (C=O) groups is 1. The first-order valence-electron chi connectivity index (χ1n) is 11.4. The number of hydrogen-bond acceptors (Lipinski definition) is 6. The highest BCUT2D eigenvalue weighted by Crippen LogP contribution is 2.38. The van der Waals surface area contributed by atoms with Crippen molar-refractivity contribution < 1.29 is 9.21 Å². The fourth-order valence-corrected chi connectivity index (χ4v) is 4.29. The lowest BCUT2D eigenvalue weighted by Crippen LogP contribution is -2.35. The van der Waals surface area contributed by atoms with Crippen LogP contribution in [0.1, 0.15) is 43.0 Å². The van der Waals surface area contributed by atoms with Gasteiger partial charge in [0.2, 0.25) is 5.91 Å². The van der Waals surface area contributed by atoms with Crippen LogP contribution in [0.4, 0.5) is 0 Å². The molecule has 33 heavy (non-hydrogen) atoms. The molecule has 1 fully saturated rings. The lowest BCUT2D eigenvalue weighted by Gasteiger charge is -2.27. The number of nitrogens with zero attached hydrogens (tertiary/aromatic N) is 6. The van der Waals surface area contributed by atoms with Gasteiger partial charge in [-0.05, 0) is 48.6 Å². The molecule has 6 rings (SSSR count). The van der Waals surface area contributed by atoms with Crippen molar-refractivity contribution in [3.05, 3.63) is 66.5 Å². The molecular weight excluding hydrogens is 416 g/mol. The minimum atomic E-state index is 0.136. The maximum absolute atomic E-state index is 12.7. The topological polar surface area (TPSA) is 89.9 Å². The van der Waals surface area contributed by atoms with Gasteiger partial charge in [0.25, 0.3) is 0 Å². The van der Waals surface area contributed by atoms with Crippen LogP contribution in [0.5, 0.6) is 0 Å². The van der Waals surface area contributed by atoms with Crippen molar-refractivity contribution in [2.75, 3.05) is 13.1 Å². The number of benzene rings is 1. The predicted molar refractivity (Wildman–Crippen MR) is 123 cm³/mol. The third kappa shape index (κ3) is 4.16. The predicted octanol–water partition coefficient (Wildman–Crippen LogP) is 4.06. The molecule has 8 heteroatoms. The van der Waals surface area contributed by atoms with Crippen LogP contribution in [0.2, 0.25) is 0 Å². The smallest absolute Gasteiger partial charge is 0.224 e. The van der Waals surface area contributed by atoms with Gasteiger partial charge in [0, 0.05) is 49.4 Å². The third-order valence-corrected chi connectivity index (χ3v) is 6.32. The van der Waals surface area contributed by atoms with Gasteiger partial charge in [-0.2, -0.15) is 0 Å². The zero-order valence-corrected chi connectivity index (χ0v) is 18.2. The van der Waals surface area contributed by atoms with Gasteiger partial charge >= 0.3 is 0 Å². The molecule has 4 aromatic rings. The maximum atomic E-state index is 12.7. The van der Waals surface area contributed by atoms with Crippen molar-refractivity contribution in [2.45, 2.75) is 38.1 Å². The minimum absolute atomic E-state index is 0.136. The summed E-state index contributed by atoms with van der Waals surface area (Å²) in [5, 5.41) is 8.75. The van der Waals surface area contributed by atoms with Crippen molar-refractivity contribution in [1.82, 2.24) is 29.9 Å². The number of furan rings is 1. The molecule has 0 radical (unpaired) electrons. The molecule has 1 aromatic carbocycles. The molecule has 1 saturated carbocycles. The van der Waals surface area contributed by atoms with Crippen LogP contribution < -0.4 is 0 Å². The number of aromatic nitrogens is 5. The summed E-state index contributed by atoms with van der Waals surface area (Å²) in [5.41, 5.74) is 4.00. The normalized spacial score (nSPS) is 16.2. The minimum Gasteiger partial charge on any atom is -0.456 e. The van der Waals surface area contributed by atoms with E-state index in [0.717, 1.165) is 52.2 Å². The largest absolute Gasteiger partial charge is 0.456 e. The van der Waals surface area contributed by atoms with Crippen LogP contribution in [0.3, 0.4) is 0 Å². The summed E-state index contributed by atoms with van der Waals surface area (Å²) in [6, 6.07) is 8.24. The van der Waals surface area contributed by atoms with Crippen LogP contribution in [0.15, 0.2) is 59.5 Å². The van der Waals surface area contributed by atoms with Crippen molar-refractivity contribution in [1.29, 1.82) is 0 Å². The molecule has 1 aliphatic carbocycles. The first-order chi connectivity index (χ1) is 16.2. The van der Waals surface area contributed by atoms with Crippen LogP contribution in [-0.4, -0.2) is 48.9 Å². The Balaban J connectivity index is 1.17. The van der Waals surface area contributed by atoms with Crippen LogP contribution in [0, 0.1) is 0 Å². The van der Waals surface area contributed by atoms with E-state index in [1.54, 1.807) is 17.1 Å². The first-order valence-corrected chi connectivity index (χ1v) is 11.4.